The first-order valence-corrected chi connectivity index (χ1v) is 3.03. The van der Waals surface area contributed by atoms with E-state index in [2.05, 4.69) is 0 Å². The highest BCUT2D eigenvalue weighted by atomic mass is 16.3. The molecular weight excluding hydrogens is 144 g/mol. The second-order valence-electron chi connectivity index (χ2n) is 2.25. The van der Waals surface area contributed by atoms with E-state index < -0.39 is 6.04 Å². The lowest BCUT2D eigenvalue weighted by Gasteiger charge is -2.13. The Kier molecular flexibility index (Phi) is 1.81. The van der Waals surface area contributed by atoms with Gasteiger partial charge in [0.15, 0.2) is 0 Å². The zero-order valence-corrected chi connectivity index (χ0v) is 5.74. The van der Waals surface area contributed by atoms with Crippen molar-refractivity contribution < 1.29 is 9.90 Å². The second kappa shape index (κ2) is 2.62. The summed E-state index contributed by atoms with van der Waals surface area (Å²) in [6.07, 6.45) is 2.70. The Labute approximate surface area is 63.5 Å². The van der Waals surface area contributed by atoms with Gasteiger partial charge in [-0.15, -0.1) is 0 Å². The first-order chi connectivity index (χ1) is 5.15. The SMILES string of the molecule is NC1=CC(=C=O)C(N)C(O)=C1. The standard InChI is InChI=1S/C7H8N2O2/c8-5-1-4(3-10)7(9)6(11)2-5/h1-2,7,11H,8-9H2. The Hall–Kier alpha value is -1.51. The molecule has 58 valence electrons. The second-order valence-corrected chi connectivity index (χ2v) is 2.25. The van der Waals surface area contributed by atoms with Crippen molar-refractivity contribution in [3.8, 4) is 0 Å². The summed E-state index contributed by atoms with van der Waals surface area (Å²) < 4.78 is 0. The molecule has 1 unspecified atom stereocenters. The Morgan fingerprint density at radius 3 is 2.73 bits per heavy atom. The largest absolute Gasteiger partial charge is 0.510 e. The van der Waals surface area contributed by atoms with Crippen LogP contribution in [0.5, 0.6) is 0 Å². The highest BCUT2D eigenvalue weighted by molar-refractivity contribution is 5.63. The van der Waals surface area contributed by atoms with Crippen LogP contribution in [0.25, 0.3) is 0 Å². The Morgan fingerprint density at radius 1 is 1.55 bits per heavy atom. The molecule has 0 aromatic heterocycles. The molecule has 1 aliphatic carbocycles. The van der Waals surface area contributed by atoms with Gasteiger partial charge < -0.3 is 16.6 Å². The molecule has 1 rings (SSSR count). The zero-order valence-electron chi connectivity index (χ0n) is 5.74. The lowest BCUT2D eigenvalue weighted by atomic mass is 10.0. The number of rotatable bonds is 0. The molecule has 1 atom stereocenters. The van der Waals surface area contributed by atoms with Gasteiger partial charge in [-0.2, -0.15) is 0 Å². The van der Waals surface area contributed by atoms with E-state index in [-0.39, 0.29) is 11.3 Å². The van der Waals surface area contributed by atoms with Gasteiger partial charge >= 0.3 is 0 Å². The molecule has 1 aliphatic rings. The van der Waals surface area contributed by atoms with Gasteiger partial charge in [-0.3, -0.25) is 0 Å². The van der Waals surface area contributed by atoms with Crippen molar-refractivity contribution in [1.82, 2.24) is 0 Å². The molecule has 4 heteroatoms. The van der Waals surface area contributed by atoms with Crippen LogP contribution >= 0.6 is 0 Å². The zero-order chi connectivity index (χ0) is 8.43. The molecule has 0 aliphatic heterocycles. The van der Waals surface area contributed by atoms with E-state index in [0.717, 1.165) is 0 Å². The Morgan fingerprint density at radius 2 is 2.18 bits per heavy atom. The summed E-state index contributed by atoms with van der Waals surface area (Å²) in [5, 5.41) is 9.07. The maximum Gasteiger partial charge on any atom is 0.130 e. The number of hydrogen-bond acceptors (Lipinski definition) is 4. The molecule has 0 aromatic rings. The highest BCUT2D eigenvalue weighted by Crippen LogP contribution is 2.14. The van der Waals surface area contributed by atoms with E-state index in [1.54, 1.807) is 5.94 Å². The van der Waals surface area contributed by atoms with E-state index in [1.807, 2.05) is 0 Å². The molecule has 0 amide bonds. The van der Waals surface area contributed by atoms with Gasteiger partial charge in [0.05, 0.1) is 11.6 Å². The van der Waals surface area contributed by atoms with Crippen molar-refractivity contribution in [2.24, 2.45) is 11.5 Å². The van der Waals surface area contributed by atoms with Crippen molar-refractivity contribution in [1.29, 1.82) is 0 Å². The van der Waals surface area contributed by atoms with Crippen LogP contribution in [-0.2, 0) is 4.79 Å². The maximum absolute atomic E-state index is 10.2. The monoisotopic (exact) mass is 152 g/mol. The van der Waals surface area contributed by atoms with E-state index in [9.17, 15) is 4.79 Å². The molecule has 5 N–H and O–H groups in total. The minimum atomic E-state index is -0.778. The fourth-order valence-corrected chi connectivity index (χ4v) is 0.824. The van der Waals surface area contributed by atoms with Crippen LogP contribution in [0.3, 0.4) is 0 Å². The van der Waals surface area contributed by atoms with Crippen LogP contribution in [0.1, 0.15) is 0 Å². The van der Waals surface area contributed by atoms with Crippen LogP contribution in [0, 0.1) is 0 Å². The van der Waals surface area contributed by atoms with Crippen LogP contribution in [0.4, 0.5) is 0 Å². The Balaban J connectivity index is 3.10. The van der Waals surface area contributed by atoms with Crippen LogP contribution in [0.2, 0.25) is 0 Å². The lowest BCUT2D eigenvalue weighted by molar-refractivity contribution is 0.379. The van der Waals surface area contributed by atoms with Gasteiger partial charge in [0, 0.05) is 11.8 Å². The summed E-state index contributed by atoms with van der Waals surface area (Å²) in [4.78, 5) is 10.2. The van der Waals surface area contributed by atoms with Crippen LogP contribution in [0.15, 0.2) is 29.2 Å². The fraction of sp³-hybridized carbons (Fsp3) is 0.143. The Bertz CT molecular complexity index is 285. The predicted octanol–water partition coefficient (Wildman–Crippen LogP) is -0.630. The van der Waals surface area contributed by atoms with Gasteiger partial charge in [-0.05, 0) is 6.08 Å². The predicted molar refractivity (Wildman–Crippen MR) is 40.2 cm³/mol. The van der Waals surface area contributed by atoms with E-state index in [0.29, 0.717) is 5.70 Å². The summed E-state index contributed by atoms with van der Waals surface area (Å²) in [7, 11) is 0. The number of aliphatic hydroxyl groups excluding tert-OH is 1. The van der Waals surface area contributed by atoms with Gasteiger partial charge in [0.1, 0.15) is 11.7 Å². The average molecular weight is 152 g/mol. The quantitative estimate of drug-likeness (QED) is 0.403. The maximum atomic E-state index is 10.2. The van der Waals surface area contributed by atoms with Crippen molar-refractivity contribution in [2.45, 2.75) is 6.04 Å². The fourth-order valence-electron chi connectivity index (χ4n) is 0.824. The molecule has 0 spiro atoms. The molecule has 0 saturated carbocycles. The number of aliphatic hydroxyl groups is 1. The average Bonchev–Trinajstić information content (AvgIpc) is 1.96. The third-order valence-corrected chi connectivity index (χ3v) is 1.41. The van der Waals surface area contributed by atoms with E-state index in [4.69, 9.17) is 16.6 Å². The molecule has 0 heterocycles. The first-order valence-electron chi connectivity index (χ1n) is 3.03. The molecule has 0 radical (unpaired) electrons. The van der Waals surface area contributed by atoms with Crippen LogP contribution < -0.4 is 11.5 Å². The topological polar surface area (TPSA) is 89.3 Å². The molecule has 11 heavy (non-hydrogen) atoms. The summed E-state index contributed by atoms with van der Waals surface area (Å²) in [6, 6.07) is -0.778. The minimum Gasteiger partial charge on any atom is -0.510 e. The molecule has 0 saturated heterocycles. The third kappa shape index (κ3) is 1.32. The number of carbonyl (C=O) groups excluding carboxylic acids is 1. The third-order valence-electron chi connectivity index (χ3n) is 1.41. The van der Waals surface area contributed by atoms with Gasteiger partial charge in [0.25, 0.3) is 0 Å². The van der Waals surface area contributed by atoms with E-state index in [1.165, 1.54) is 12.2 Å². The normalized spacial score (nSPS) is 23.7. The lowest BCUT2D eigenvalue weighted by Crippen LogP contribution is -2.28. The van der Waals surface area contributed by atoms with Crippen molar-refractivity contribution >= 4 is 5.94 Å². The number of nitrogens with two attached hydrogens (primary N) is 2. The highest BCUT2D eigenvalue weighted by Gasteiger charge is 2.17. The number of allylic oxidation sites excluding steroid dienone is 1. The van der Waals surface area contributed by atoms with E-state index >= 15 is 0 Å². The minimum absolute atomic E-state index is 0.108. The van der Waals surface area contributed by atoms with Crippen molar-refractivity contribution in [3.05, 3.63) is 29.2 Å². The molecule has 0 fully saturated rings. The number of hydrogen-bond donors (Lipinski definition) is 3. The van der Waals surface area contributed by atoms with Crippen molar-refractivity contribution in [2.75, 3.05) is 0 Å². The molecule has 0 aromatic carbocycles. The summed E-state index contributed by atoms with van der Waals surface area (Å²) in [5.41, 5.74) is 11.2. The van der Waals surface area contributed by atoms with Gasteiger partial charge in [-0.25, -0.2) is 4.79 Å². The summed E-state index contributed by atoms with van der Waals surface area (Å²) in [5.74, 6) is 1.49. The smallest absolute Gasteiger partial charge is 0.130 e. The first kappa shape index (κ1) is 7.60. The van der Waals surface area contributed by atoms with Gasteiger partial charge in [0.2, 0.25) is 0 Å². The molecular formula is C7H8N2O2. The van der Waals surface area contributed by atoms with Gasteiger partial charge in [-0.1, -0.05) is 0 Å². The van der Waals surface area contributed by atoms with Crippen molar-refractivity contribution in [3.63, 3.8) is 0 Å². The van der Waals surface area contributed by atoms with Crippen LogP contribution in [-0.4, -0.2) is 17.1 Å². The summed E-state index contributed by atoms with van der Waals surface area (Å²) >= 11 is 0. The molecule has 4 nitrogen and oxygen atoms in total. The summed E-state index contributed by atoms with van der Waals surface area (Å²) in [6.45, 7) is 0. The molecule has 0 bridgehead atoms.